The molecule has 1 fully saturated rings. The summed E-state index contributed by atoms with van der Waals surface area (Å²) in [5, 5.41) is 12.2. The first-order chi connectivity index (χ1) is 24.4. The highest BCUT2D eigenvalue weighted by atomic mass is 32.1. The lowest BCUT2D eigenvalue weighted by atomic mass is 9.55. The molecule has 50 heavy (non-hydrogen) atoms. The number of carbonyl (C=O) groups is 4. The number of carboxylic acids is 1. The number of para-hydroxylation sites is 1. The number of carboxylic acid groups (broad SMARTS) is 1. The van der Waals surface area contributed by atoms with Crippen LogP contribution < -0.4 is 4.74 Å². The maximum atomic E-state index is 14.6. The molecule has 0 saturated heterocycles. The molecule has 0 unspecified atom stereocenters. The molecule has 10 heteroatoms. The molecule has 1 aliphatic rings. The Balaban J connectivity index is 1.27. The maximum absolute atomic E-state index is 14.6. The average Bonchev–Trinajstić information content (AvgIpc) is 3.64. The van der Waals surface area contributed by atoms with Gasteiger partial charge in [-0.3, -0.25) is 19.2 Å². The summed E-state index contributed by atoms with van der Waals surface area (Å²) in [7, 11) is 0. The highest BCUT2D eigenvalue weighted by Gasteiger charge is 2.65. The molecule has 1 N–H and O–H groups in total. The molecule has 0 aliphatic heterocycles. The Hall–Kier alpha value is -5.74. The predicted octanol–water partition coefficient (Wildman–Crippen LogP) is 7.12. The van der Waals surface area contributed by atoms with Crippen LogP contribution in [0, 0.1) is 23.7 Å². The normalized spacial score (nSPS) is 17.9. The van der Waals surface area contributed by atoms with E-state index in [1.54, 1.807) is 65.6 Å². The number of aliphatic carboxylic acids is 1. The molecule has 6 rings (SSSR count). The fraction of sp³-hybridized carbons (Fsp3) is 0.200. The van der Waals surface area contributed by atoms with Gasteiger partial charge in [-0.05, 0) is 52.4 Å². The van der Waals surface area contributed by atoms with E-state index in [0.29, 0.717) is 22.6 Å². The van der Waals surface area contributed by atoms with E-state index in [4.69, 9.17) is 14.2 Å². The third kappa shape index (κ3) is 8.27. The zero-order valence-electron chi connectivity index (χ0n) is 27.0. The lowest BCUT2D eigenvalue weighted by molar-refractivity contribution is -0.195. The minimum absolute atomic E-state index is 0.108. The highest BCUT2D eigenvalue weighted by molar-refractivity contribution is 7.09. The molecule has 1 heterocycles. The summed E-state index contributed by atoms with van der Waals surface area (Å²) in [5.74, 6) is -7.95. The summed E-state index contributed by atoms with van der Waals surface area (Å²) in [4.78, 5) is 57.0. The third-order valence-corrected chi connectivity index (χ3v) is 9.49. The van der Waals surface area contributed by atoms with Crippen LogP contribution in [-0.2, 0) is 55.0 Å². The average molecular weight is 690 g/mol. The fourth-order valence-electron chi connectivity index (χ4n) is 6.12. The van der Waals surface area contributed by atoms with Crippen molar-refractivity contribution in [2.75, 3.05) is 0 Å². The molecule has 9 nitrogen and oxygen atoms in total. The first kappa shape index (κ1) is 34.1. The first-order valence-electron chi connectivity index (χ1n) is 16.1. The molecule has 0 bridgehead atoms. The SMILES string of the molecule is O=C(O)C1[C@@H](C(=O)OCc2ccccc2)C(C(=O)N(Cc2ccc(Oc3ccccc3)cc2)Cc2cccs2)[C@@H]1C(=O)OCc1ccccc1. The Morgan fingerprint density at radius 2 is 1.08 bits per heavy atom. The predicted molar refractivity (Wildman–Crippen MR) is 186 cm³/mol. The van der Waals surface area contributed by atoms with Gasteiger partial charge in [-0.25, -0.2) is 0 Å². The van der Waals surface area contributed by atoms with Gasteiger partial charge in [-0.15, -0.1) is 11.3 Å². The van der Waals surface area contributed by atoms with Crippen molar-refractivity contribution in [1.29, 1.82) is 0 Å². The summed E-state index contributed by atoms with van der Waals surface area (Å²) in [6, 6.07) is 38.3. The van der Waals surface area contributed by atoms with Crippen molar-refractivity contribution in [1.82, 2.24) is 4.90 Å². The number of esters is 2. The number of amides is 1. The second-order valence-electron chi connectivity index (χ2n) is 12.0. The Kier molecular flexibility index (Phi) is 11.0. The highest BCUT2D eigenvalue weighted by Crippen LogP contribution is 2.49. The van der Waals surface area contributed by atoms with E-state index in [2.05, 4.69) is 0 Å². The Morgan fingerprint density at radius 3 is 1.58 bits per heavy atom. The smallest absolute Gasteiger partial charge is 0.311 e. The van der Waals surface area contributed by atoms with Gasteiger partial charge in [0, 0.05) is 11.4 Å². The summed E-state index contributed by atoms with van der Waals surface area (Å²) < 4.78 is 17.1. The molecule has 1 aliphatic carbocycles. The van der Waals surface area contributed by atoms with Crippen LogP contribution in [-0.4, -0.2) is 33.8 Å². The van der Waals surface area contributed by atoms with Crippen LogP contribution in [0.2, 0.25) is 0 Å². The van der Waals surface area contributed by atoms with Crippen LogP contribution in [0.15, 0.2) is 133 Å². The summed E-state index contributed by atoms with van der Waals surface area (Å²) in [6.07, 6.45) is 0. The number of hydrogen-bond acceptors (Lipinski definition) is 8. The summed E-state index contributed by atoms with van der Waals surface area (Å²) >= 11 is 1.46. The monoisotopic (exact) mass is 689 g/mol. The molecular formula is C40H35NO8S. The van der Waals surface area contributed by atoms with Crippen LogP contribution in [0.25, 0.3) is 0 Å². The van der Waals surface area contributed by atoms with E-state index >= 15 is 0 Å². The van der Waals surface area contributed by atoms with Crippen molar-refractivity contribution in [3.8, 4) is 11.5 Å². The number of nitrogens with zero attached hydrogens (tertiary/aromatic N) is 1. The molecule has 0 radical (unpaired) electrons. The van der Waals surface area contributed by atoms with Crippen molar-refractivity contribution in [2.24, 2.45) is 23.7 Å². The van der Waals surface area contributed by atoms with Gasteiger partial charge in [0.25, 0.3) is 0 Å². The molecule has 2 atom stereocenters. The van der Waals surface area contributed by atoms with Crippen molar-refractivity contribution < 1.29 is 38.5 Å². The van der Waals surface area contributed by atoms with E-state index in [-0.39, 0.29) is 26.3 Å². The van der Waals surface area contributed by atoms with Crippen LogP contribution in [0.5, 0.6) is 11.5 Å². The van der Waals surface area contributed by atoms with Crippen molar-refractivity contribution >= 4 is 35.2 Å². The number of rotatable bonds is 14. The topological polar surface area (TPSA) is 119 Å². The Morgan fingerprint density at radius 1 is 0.560 bits per heavy atom. The van der Waals surface area contributed by atoms with Crippen LogP contribution >= 0.6 is 11.3 Å². The van der Waals surface area contributed by atoms with Crippen molar-refractivity contribution in [3.63, 3.8) is 0 Å². The van der Waals surface area contributed by atoms with Crippen LogP contribution in [0.1, 0.15) is 21.6 Å². The van der Waals surface area contributed by atoms with E-state index in [1.807, 2.05) is 72.1 Å². The quantitative estimate of drug-likeness (QED) is 0.123. The van der Waals surface area contributed by atoms with Crippen LogP contribution in [0.3, 0.4) is 0 Å². The lowest BCUT2D eigenvalue weighted by Crippen LogP contribution is -2.62. The first-order valence-corrected chi connectivity index (χ1v) is 17.0. The molecule has 5 aromatic rings. The second kappa shape index (κ2) is 16.1. The van der Waals surface area contributed by atoms with E-state index in [9.17, 15) is 24.3 Å². The number of carbonyl (C=O) groups excluding carboxylic acids is 3. The summed E-state index contributed by atoms with van der Waals surface area (Å²) in [5.41, 5.74) is 2.18. The number of benzene rings is 4. The molecule has 4 aromatic carbocycles. The molecule has 254 valence electrons. The molecule has 0 spiro atoms. The number of ether oxygens (including phenoxy) is 3. The van der Waals surface area contributed by atoms with Gasteiger partial charge in [0.15, 0.2) is 0 Å². The number of thiophene rings is 1. The molecule has 1 saturated carbocycles. The fourth-order valence-corrected chi connectivity index (χ4v) is 6.84. The van der Waals surface area contributed by atoms with Gasteiger partial charge >= 0.3 is 17.9 Å². The minimum atomic E-state index is -1.51. The molecule has 1 aromatic heterocycles. The van der Waals surface area contributed by atoms with Gasteiger partial charge in [0.05, 0.1) is 30.2 Å². The van der Waals surface area contributed by atoms with E-state index in [1.165, 1.54) is 11.3 Å². The lowest BCUT2D eigenvalue weighted by Gasteiger charge is -2.47. The van der Waals surface area contributed by atoms with E-state index < -0.39 is 47.5 Å². The van der Waals surface area contributed by atoms with Gasteiger partial charge in [-0.2, -0.15) is 0 Å². The zero-order chi connectivity index (χ0) is 34.9. The Bertz CT molecular complexity index is 1820. The van der Waals surface area contributed by atoms with Crippen molar-refractivity contribution in [3.05, 3.63) is 154 Å². The molecule has 1 amide bonds. The summed E-state index contributed by atoms with van der Waals surface area (Å²) in [6.45, 7) is 0.102. The van der Waals surface area contributed by atoms with Gasteiger partial charge in [0.2, 0.25) is 5.91 Å². The third-order valence-electron chi connectivity index (χ3n) is 8.62. The Labute approximate surface area is 293 Å². The second-order valence-corrected chi connectivity index (χ2v) is 13.0. The van der Waals surface area contributed by atoms with Crippen molar-refractivity contribution in [2.45, 2.75) is 26.3 Å². The minimum Gasteiger partial charge on any atom is -0.481 e. The largest absolute Gasteiger partial charge is 0.481 e. The molecular weight excluding hydrogens is 655 g/mol. The standard InChI is InChI=1S/C40H35NO8S/c42-37(41(24-32-17-10-22-50-32)23-27-18-20-31(21-19-27)49-30-15-8-3-9-16-30)33-35(39(45)47-25-28-11-4-1-5-12-28)34(38(43)44)36(33)40(46)48-26-29-13-6-2-7-14-29/h1-22,33-36H,23-26H2,(H,43,44)/t33?,34?,35-,36-/m0/s1. The van der Waals surface area contributed by atoms with Crippen LogP contribution in [0.4, 0.5) is 0 Å². The number of hydrogen-bond donors (Lipinski definition) is 1. The van der Waals surface area contributed by atoms with Gasteiger partial charge in [-0.1, -0.05) is 97.1 Å². The van der Waals surface area contributed by atoms with Gasteiger partial charge < -0.3 is 24.2 Å². The zero-order valence-corrected chi connectivity index (χ0v) is 27.8. The van der Waals surface area contributed by atoms with Gasteiger partial charge in [0.1, 0.15) is 24.7 Å². The maximum Gasteiger partial charge on any atom is 0.311 e. The van der Waals surface area contributed by atoms with E-state index in [0.717, 1.165) is 10.4 Å².